The van der Waals surface area contributed by atoms with Crippen molar-refractivity contribution in [3.63, 3.8) is 0 Å². The molecule has 0 saturated carbocycles. The number of nitrogens with zero attached hydrogens (tertiary/aromatic N) is 1. The Morgan fingerprint density at radius 3 is 1.94 bits per heavy atom. The molecule has 1 aromatic carbocycles. The van der Waals surface area contributed by atoms with Gasteiger partial charge >= 0.3 is 0 Å². The van der Waals surface area contributed by atoms with Crippen molar-refractivity contribution >= 4 is 5.70 Å². The summed E-state index contributed by atoms with van der Waals surface area (Å²) in [4.78, 5) is 2.34. The van der Waals surface area contributed by atoms with Gasteiger partial charge in [-0.25, -0.2) is 0 Å². The van der Waals surface area contributed by atoms with Crippen LogP contribution in [0.4, 0.5) is 0 Å². The molecule has 35 heavy (non-hydrogen) atoms. The van der Waals surface area contributed by atoms with Crippen LogP contribution in [-0.2, 0) is 0 Å². The summed E-state index contributed by atoms with van der Waals surface area (Å²) in [6, 6.07) is 9.21. The Labute approximate surface area is 220 Å². The summed E-state index contributed by atoms with van der Waals surface area (Å²) in [5.74, 6) is 0. The molecule has 0 bridgehead atoms. The molecule has 0 heterocycles. The molecule has 0 aliphatic rings. The lowest BCUT2D eigenvalue weighted by Gasteiger charge is -2.29. The maximum Gasteiger partial charge on any atom is 0.0646 e. The number of rotatable bonds is 14. The van der Waals surface area contributed by atoms with Gasteiger partial charge in [0.2, 0.25) is 0 Å². The van der Waals surface area contributed by atoms with E-state index in [0.717, 1.165) is 37.3 Å². The zero-order chi connectivity index (χ0) is 27.4. The lowest BCUT2D eigenvalue weighted by molar-refractivity contribution is 0.325. The smallest absolute Gasteiger partial charge is 0.0646 e. The van der Waals surface area contributed by atoms with E-state index >= 15 is 0 Å². The van der Waals surface area contributed by atoms with Crippen LogP contribution in [0.5, 0.6) is 0 Å². The summed E-state index contributed by atoms with van der Waals surface area (Å²) >= 11 is 0. The van der Waals surface area contributed by atoms with Gasteiger partial charge in [-0.1, -0.05) is 104 Å². The average Bonchev–Trinajstić information content (AvgIpc) is 2.81. The van der Waals surface area contributed by atoms with Gasteiger partial charge in [0.1, 0.15) is 0 Å². The van der Waals surface area contributed by atoms with Gasteiger partial charge in [0.15, 0.2) is 0 Å². The first-order chi connectivity index (χ1) is 16.5. The van der Waals surface area contributed by atoms with E-state index in [4.69, 9.17) is 0 Å². The van der Waals surface area contributed by atoms with Crippen LogP contribution in [0.2, 0.25) is 0 Å². The molecule has 2 N–H and O–H groups in total. The molecule has 0 aromatic heterocycles. The number of benzene rings is 1. The fraction of sp³-hybridized carbons (Fsp3) is 0.625. The highest BCUT2D eigenvalue weighted by molar-refractivity contribution is 5.61. The highest BCUT2D eigenvalue weighted by atomic mass is 15.2. The van der Waals surface area contributed by atoms with E-state index < -0.39 is 0 Å². The van der Waals surface area contributed by atoms with Crippen LogP contribution >= 0.6 is 0 Å². The summed E-state index contributed by atoms with van der Waals surface area (Å²) < 4.78 is 0. The molecule has 0 radical (unpaired) electrons. The molecule has 0 saturated heterocycles. The molecule has 2 unspecified atom stereocenters. The van der Waals surface area contributed by atoms with E-state index in [-0.39, 0.29) is 6.04 Å². The molecule has 202 valence electrons. The Hall–Kier alpha value is -2.00. The van der Waals surface area contributed by atoms with E-state index in [9.17, 15) is 0 Å². The molecule has 0 spiro atoms. The Kier molecular flexibility index (Phi) is 20.3. The van der Waals surface area contributed by atoms with Crippen molar-refractivity contribution in [2.24, 2.45) is 5.41 Å². The zero-order valence-electron chi connectivity index (χ0n) is 25.1. The highest BCUT2D eigenvalue weighted by Gasteiger charge is 2.12. The Bertz CT molecular complexity index is 676. The van der Waals surface area contributed by atoms with Gasteiger partial charge in [0.25, 0.3) is 0 Å². The number of hydrogen-bond donors (Lipinski definition) is 2. The number of likely N-dealkylation sites (N-methyl/N-ethyl adjacent to an activating group) is 1. The largest absolute Gasteiger partial charge is 0.383 e. The number of aryl methyl sites for hydroxylation is 1. The molecule has 0 aliphatic carbocycles. The van der Waals surface area contributed by atoms with Gasteiger partial charge in [0, 0.05) is 30.5 Å². The summed E-state index contributed by atoms with van der Waals surface area (Å²) in [6.45, 7) is 33.9. The molecular formula is C32H59N3. The predicted molar refractivity (Wildman–Crippen MR) is 162 cm³/mol. The molecule has 0 aliphatic heterocycles. The zero-order valence-corrected chi connectivity index (χ0v) is 25.1. The second-order valence-electron chi connectivity index (χ2n) is 10.3. The third-order valence-electron chi connectivity index (χ3n) is 5.68. The standard InChI is InChI=1S/C18H29N.C12H24N2.C2H6/c1-14-9-11-17(12-10-14)16(3)19-15(2)8-7-13-18(4,5)6;1-6-9-14(10-7-2)11(4)12(8-3)13-5;1-2/h9-12,15,19H,3,7-8,13H2,1-2,4-6H3;8,12-13H,3-4,6-7,9-10H2,1-2,5H3;1-2H3. The van der Waals surface area contributed by atoms with Crippen LogP contribution in [0.15, 0.2) is 55.8 Å². The average molecular weight is 486 g/mol. The Balaban J connectivity index is 0. The molecular weight excluding hydrogens is 426 g/mol. The van der Waals surface area contributed by atoms with E-state index in [1.54, 1.807) is 0 Å². The summed E-state index contributed by atoms with van der Waals surface area (Å²) in [5.41, 5.74) is 5.07. The lowest BCUT2D eigenvalue weighted by Crippen LogP contribution is -2.36. The van der Waals surface area contributed by atoms with Gasteiger partial charge in [0.05, 0.1) is 6.04 Å². The topological polar surface area (TPSA) is 27.3 Å². The SMILES string of the molecule is C=C(NC(C)CCCC(C)(C)C)c1ccc(C)cc1.C=CC(NC)C(=C)N(CCC)CCC.CC. The van der Waals surface area contributed by atoms with Crippen LogP contribution in [0.3, 0.4) is 0 Å². The van der Waals surface area contributed by atoms with Crippen molar-refractivity contribution in [3.8, 4) is 0 Å². The van der Waals surface area contributed by atoms with E-state index in [1.807, 2.05) is 27.0 Å². The van der Waals surface area contributed by atoms with Crippen LogP contribution in [0.1, 0.15) is 98.6 Å². The van der Waals surface area contributed by atoms with Crippen LogP contribution in [0.25, 0.3) is 5.70 Å². The number of nitrogens with one attached hydrogen (secondary N) is 2. The minimum Gasteiger partial charge on any atom is -0.383 e. The van der Waals surface area contributed by atoms with Crippen molar-refractivity contribution in [1.29, 1.82) is 0 Å². The molecule has 0 amide bonds. The molecule has 1 rings (SSSR count). The van der Waals surface area contributed by atoms with Gasteiger partial charge < -0.3 is 15.5 Å². The van der Waals surface area contributed by atoms with Gasteiger partial charge in [-0.2, -0.15) is 0 Å². The van der Waals surface area contributed by atoms with Gasteiger partial charge in [-0.3, -0.25) is 0 Å². The van der Waals surface area contributed by atoms with E-state index in [1.165, 1.54) is 30.4 Å². The quantitative estimate of drug-likeness (QED) is 0.258. The monoisotopic (exact) mass is 485 g/mol. The highest BCUT2D eigenvalue weighted by Crippen LogP contribution is 2.22. The third-order valence-corrected chi connectivity index (χ3v) is 5.68. The van der Waals surface area contributed by atoms with Crippen LogP contribution < -0.4 is 10.6 Å². The maximum atomic E-state index is 4.14. The molecule has 2 atom stereocenters. The van der Waals surface area contributed by atoms with Gasteiger partial charge in [-0.05, 0) is 57.6 Å². The fourth-order valence-corrected chi connectivity index (χ4v) is 3.70. The summed E-state index contributed by atoms with van der Waals surface area (Å²) in [5, 5.41) is 6.70. The van der Waals surface area contributed by atoms with Crippen molar-refractivity contribution in [3.05, 3.63) is 66.9 Å². The van der Waals surface area contributed by atoms with E-state index in [0.29, 0.717) is 11.5 Å². The summed E-state index contributed by atoms with van der Waals surface area (Å²) in [7, 11) is 1.94. The first-order valence-corrected chi connectivity index (χ1v) is 13.7. The third kappa shape index (κ3) is 17.1. The lowest BCUT2D eigenvalue weighted by atomic mass is 9.89. The molecule has 3 nitrogen and oxygen atoms in total. The molecule has 3 heteroatoms. The predicted octanol–water partition coefficient (Wildman–Crippen LogP) is 8.58. The second-order valence-corrected chi connectivity index (χ2v) is 10.3. The summed E-state index contributed by atoms with van der Waals surface area (Å²) in [6.07, 6.45) is 7.96. The normalized spacial score (nSPS) is 12.2. The number of hydrogen-bond acceptors (Lipinski definition) is 3. The van der Waals surface area contributed by atoms with Crippen molar-refractivity contribution in [2.75, 3.05) is 20.1 Å². The fourth-order valence-electron chi connectivity index (χ4n) is 3.70. The minimum atomic E-state index is 0.202. The van der Waals surface area contributed by atoms with Crippen molar-refractivity contribution < 1.29 is 0 Å². The van der Waals surface area contributed by atoms with Crippen LogP contribution in [-0.4, -0.2) is 37.1 Å². The second kappa shape index (κ2) is 20.2. The first-order valence-electron chi connectivity index (χ1n) is 13.7. The Morgan fingerprint density at radius 1 is 1.03 bits per heavy atom. The van der Waals surface area contributed by atoms with E-state index in [2.05, 4.69) is 108 Å². The van der Waals surface area contributed by atoms with Crippen LogP contribution in [0, 0.1) is 12.3 Å². The molecule has 1 aromatic rings. The Morgan fingerprint density at radius 2 is 1.54 bits per heavy atom. The minimum absolute atomic E-state index is 0.202. The molecule has 0 fully saturated rings. The van der Waals surface area contributed by atoms with Crippen molar-refractivity contribution in [1.82, 2.24) is 15.5 Å². The maximum absolute atomic E-state index is 4.14. The van der Waals surface area contributed by atoms with Crippen molar-refractivity contribution in [2.45, 2.75) is 107 Å². The van der Waals surface area contributed by atoms with Gasteiger partial charge in [-0.15, -0.1) is 6.58 Å². The first kappa shape index (κ1) is 35.2.